The van der Waals surface area contributed by atoms with Gasteiger partial charge in [-0.1, -0.05) is 293 Å². The molecule has 10 aromatic carbocycles. The van der Waals surface area contributed by atoms with Crippen molar-refractivity contribution in [2.75, 3.05) is 0 Å². The summed E-state index contributed by atoms with van der Waals surface area (Å²) in [4.78, 5) is 16.9. The molecule has 0 saturated carbocycles. The highest BCUT2D eigenvalue weighted by Crippen LogP contribution is 2.48. The molecule has 0 unspecified atom stereocenters. The van der Waals surface area contributed by atoms with E-state index in [0.717, 1.165) is 17.0 Å². The summed E-state index contributed by atoms with van der Waals surface area (Å²) in [6.45, 7) is 4.68. The van der Waals surface area contributed by atoms with Crippen molar-refractivity contribution in [3.05, 3.63) is 307 Å². The van der Waals surface area contributed by atoms with Gasteiger partial charge in [-0.05, 0) is 63.7 Å². The molecule has 0 N–H and O–H groups in total. The fraction of sp³-hybridized carbons (Fsp3) is 0.0597. The van der Waals surface area contributed by atoms with E-state index in [9.17, 15) is 0 Å². The molecule has 11 aromatic rings. The Hall–Kier alpha value is -8.36. The molecule has 344 valence electrons. The topological polar surface area (TPSA) is 38.7 Å². The predicted octanol–water partition coefficient (Wildman–Crippen LogP) is 9.78. The molecule has 0 aliphatic heterocycles. The van der Waals surface area contributed by atoms with Crippen LogP contribution < -0.4 is 41.5 Å². The lowest BCUT2D eigenvalue weighted by Crippen LogP contribution is -2.78. The molecule has 1 aliphatic rings. The molecule has 1 aliphatic carbocycles. The Balaban J connectivity index is 1.25. The Morgan fingerprint density at radius 2 is 0.583 bits per heavy atom. The third-order valence-corrected chi connectivity index (χ3v) is 24.6. The van der Waals surface area contributed by atoms with Crippen molar-refractivity contribution in [2.24, 2.45) is 0 Å². The fourth-order valence-electron chi connectivity index (χ4n) is 11.9. The molecule has 0 bridgehead atoms. The number of benzene rings is 10. The van der Waals surface area contributed by atoms with Crippen LogP contribution in [-0.2, 0) is 5.41 Å². The van der Waals surface area contributed by atoms with Gasteiger partial charge >= 0.3 is 0 Å². The lowest BCUT2D eigenvalue weighted by atomic mass is 9.65. The minimum Gasteiger partial charge on any atom is -0.212 e. The van der Waals surface area contributed by atoms with Gasteiger partial charge < -0.3 is 0 Å². The molecule has 1 heterocycles. The van der Waals surface area contributed by atoms with Crippen molar-refractivity contribution in [1.82, 2.24) is 15.0 Å². The smallest absolute Gasteiger partial charge is 0.179 e. The molecule has 1 aromatic heterocycles. The summed E-state index contributed by atoms with van der Waals surface area (Å²) in [6, 6.07) is 103. The van der Waals surface area contributed by atoms with E-state index in [1.54, 1.807) is 0 Å². The van der Waals surface area contributed by atoms with Gasteiger partial charge in [0.1, 0.15) is 5.82 Å². The first-order valence-electron chi connectivity index (χ1n) is 25.0. The van der Waals surface area contributed by atoms with Crippen LogP contribution in [0.25, 0.3) is 22.8 Å². The summed E-state index contributed by atoms with van der Waals surface area (Å²) in [5.41, 5.74) is 6.70. The molecule has 72 heavy (non-hydrogen) atoms. The number of hydrogen-bond donors (Lipinski definition) is 0. The van der Waals surface area contributed by atoms with Gasteiger partial charge in [0.25, 0.3) is 0 Å². The lowest BCUT2D eigenvalue weighted by molar-refractivity contribution is 0.591. The molecular weight excluding hydrogens is 903 g/mol. The van der Waals surface area contributed by atoms with Crippen LogP contribution in [0.5, 0.6) is 0 Å². The number of aromatic nitrogens is 3. The van der Waals surface area contributed by atoms with E-state index in [4.69, 9.17) is 15.0 Å². The summed E-state index contributed by atoms with van der Waals surface area (Å²) in [6.07, 6.45) is 0. The Bertz CT molecular complexity index is 3260. The van der Waals surface area contributed by atoms with E-state index >= 15 is 0 Å². The van der Waals surface area contributed by atoms with E-state index in [1.165, 1.54) is 63.7 Å². The second kappa shape index (κ2) is 18.8. The molecule has 3 nitrogen and oxygen atoms in total. The van der Waals surface area contributed by atoms with E-state index in [2.05, 4.69) is 293 Å². The van der Waals surface area contributed by atoms with Crippen LogP contribution in [0, 0.1) is 0 Å². The quantitative estimate of drug-likeness (QED) is 0.0959. The number of rotatable bonds is 11. The maximum atomic E-state index is 5.79. The maximum absolute atomic E-state index is 5.79. The highest BCUT2D eigenvalue weighted by Gasteiger charge is 2.46. The zero-order valence-electron chi connectivity index (χ0n) is 40.5. The van der Waals surface area contributed by atoms with E-state index in [-0.39, 0.29) is 11.3 Å². The second-order valence-corrected chi connectivity index (χ2v) is 27.1. The maximum Gasteiger partial charge on any atom is 0.179 e. The summed E-state index contributed by atoms with van der Waals surface area (Å²) in [5.74, 6) is 1.81. The normalized spacial score (nSPS) is 13.2. The fourth-order valence-corrected chi connectivity index (χ4v) is 21.7. The molecule has 0 fully saturated rings. The van der Waals surface area contributed by atoms with E-state index in [0.29, 0.717) is 11.6 Å². The Labute approximate surface area is 425 Å². The van der Waals surface area contributed by atoms with Crippen LogP contribution in [0.15, 0.2) is 279 Å². The minimum atomic E-state index is -3.16. The molecule has 0 atom stereocenters. The number of hydrogen-bond acceptors (Lipinski definition) is 3. The average Bonchev–Trinajstić information content (AvgIpc) is 3.45. The summed E-state index contributed by atoms with van der Waals surface area (Å²) < 4.78 is 0. The molecule has 0 saturated heterocycles. The minimum absolute atomic E-state index is 0.217. The Kier molecular flexibility index (Phi) is 11.7. The van der Waals surface area contributed by atoms with Crippen LogP contribution >= 0.6 is 0 Å². The van der Waals surface area contributed by atoms with Crippen molar-refractivity contribution in [1.29, 1.82) is 0 Å². The third-order valence-electron chi connectivity index (χ3n) is 15.1. The molecule has 0 radical (unpaired) electrons. The second-order valence-electron chi connectivity index (χ2n) is 19.4. The Morgan fingerprint density at radius 3 is 0.931 bits per heavy atom. The van der Waals surface area contributed by atoms with Gasteiger partial charge in [-0.2, -0.15) is 0 Å². The first-order valence-corrected chi connectivity index (χ1v) is 29.0. The molecular formula is C67H53N3Si2. The first-order chi connectivity index (χ1) is 35.5. The monoisotopic (exact) mass is 955 g/mol. The van der Waals surface area contributed by atoms with Crippen LogP contribution in [0.3, 0.4) is 0 Å². The van der Waals surface area contributed by atoms with Gasteiger partial charge in [0.05, 0.1) is 5.92 Å². The first kappa shape index (κ1) is 44.8. The number of nitrogens with zero attached hydrogens (tertiary/aromatic N) is 3. The van der Waals surface area contributed by atoms with Gasteiger partial charge in [-0.15, -0.1) is 0 Å². The van der Waals surface area contributed by atoms with Gasteiger partial charge in [0.15, 0.2) is 27.8 Å². The highest BCUT2D eigenvalue weighted by molar-refractivity contribution is 7.22. The third kappa shape index (κ3) is 7.52. The molecule has 12 rings (SSSR count). The average molecular weight is 956 g/mol. The molecule has 0 spiro atoms. The van der Waals surface area contributed by atoms with Crippen LogP contribution in [0.1, 0.15) is 47.8 Å². The predicted molar refractivity (Wildman–Crippen MR) is 304 cm³/mol. The Morgan fingerprint density at radius 1 is 0.292 bits per heavy atom. The van der Waals surface area contributed by atoms with Crippen molar-refractivity contribution in [3.8, 4) is 22.8 Å². The lowest BCUT2D eigenvalue weighted by Gasteiger charge is -2.39. The van der Waals surface area contributed by atoms with Crippen LogP contribution in [-0.4, -0.2) is 31.1 Å². The van der Waals surface area contributed by atoms with Crippen molar-refractivity contribution >= 4 is 57.6 Å². The summed E-state index contributed by atoms with van der Waals surface area (Å²) in [7, 11) is -6.32. The van der Waals surface area contributed by atoms with Crippen molar-refractivity contribution in [2.45, 2.75) is 25.2 Å². The highest BCUT2D eigenvalue weighted by atomic mass is 28.3. The van der Waals surface area contributed by atoms with Gasteiger partial charge in [0.2, 0.25) is 0 Å². The zero-order chi connectivity index (χ0) is 48.5. The number of fused-ring (bicyclic) bond motifs is 2. The van der Waals surface area contributed by atoms with Crippen molar-refractivity contribution < 1.29 is 0 Å². The standard InChI is InChI=1S/C67H53N3Si2/c1-67(2)61-44-26-24-42-59(61)63(60-43-25-27-45-62(60)67)66-69-64(49-28-10-3-11-29-49)68-65(70-66)50-46-57(71(51-30-12-4-13-31-51,52-32-14-5-15-33-52)53-34-16-6-17-35-53)48-58(47-50)72(54-36-18-7-19-37-54,55-38-20-8-21-39-55)56-40-22-9-23-41-56/h3-48,63H,1-2H3. The molecule has 0 amide bonds. The van der Waals surface area contributed by atoms with Gasteiger partial charge in [0, 0.05) is 16.5 Å². The van der Waals surface area contributed by atoms with Crippen LogP contribution in [0.2, 0.25) is 0 Å². The van der Waals surface area contributed by atoms with E-state index in [1.807, 2.05) is 0 Å². The summed E-state index contributed by atoms with van der Waals surface area (Å²) in [5, 5.41) is 10.3. The SMILES string of the molecule is CC1(C)c2ccccc2C(c2nc(-c3ccccc3)nc(-c3cc([Si](c4ccccc4)(c4ccccc4)c4ccccc4)cc([Si](c4ccccc4)(c4ccccc4)c4ccccc4)c3)n2)c2ccccc21. The largest absolute Gasteiger partial charge is 0.212 e. The van der Waals surface area contributed by atoms with Gasteiger partial charge in [-0.3, -0.25) is 0 Å². The summed E-state index contributed by atoms with van der Waals surface area (Å²) >= 11 is 0. The van der Waals surface area contributed by atoms with Gasteiger partial charge in [-0.25, -0.2) is 15.0 Å². The molecule has 5 heteroatoms. The van der Waals surface area contributed by atoms with Crippen LogP contribution in [0.4, 0.5) is 0 Å². The zero-order valence-corrected chi connectivity index (χ0v) is 42.5. The van der Waals surface area contributed by atoms with Crippen molar-refractivity contribution in [3.63, 3.8) is 0 Å². The van der Waals surface area contributed by atoms with E-state index < -0.39 is 16.1 Å².